The molecule has 11 nitrogen and oxygen atoms in total. The molecule has 0 atom stereocenters. The third-order valence-corrected chi connectivity index (χ3v) is 1.69. The van der Waals surface area contributed by atoms with Crippen LogP contribution in [0.25, 0.3) is 0 Å². The zero-order valence-corrected chi connectivity index (χ0v) is 8.25. The molecule has 5 N–H and O–H groups in total. The van der Waals surface area contributed by atoms with Crippen molar-refractivity contribution in [2.75, 3.05) is 0 Å². The Morgan fingerprint density at radius 3 is 1.67 bits per heavy atom. The van der Waals surface area contributed by atoms with Crippen LogP contribution < -0.4 is 0 Å². The molecule has 0 saturated carbocycles. The van der Waals surface area contributed by atoms with Crippen LogP contribution in [-0.4, -0.2) is 53.8 Å². The van der Waals surface area contributed by atoms with E-state index in [0.717, 1.165) is 0 Å². The first-order chi connectivity index (χ1) is 6.37. The van der Waals surface area contributed by atoms with Crippen LogP contribution in [0, 0.1) is 0 Å². The zero-order chi connectivity index (χ0) is 12.5. The molecule has 0 unspecified atom stereocenters. The van der Waals surface area contributed by atoms with E-state index in [1.807, 2.05) is 0 Å². The maximum Gasteiger partial charge on any atom is 0.402 e. The maximum absolute atomic E-state index is 9.96. The van der Waals surface area contributed by atoms with Crippen LogP contribution in [0.1, 0.15) is 0 Å². The van der Waals surface area contributed by atoms with Crippen molar-refractivity contribution < 1.29 is 50.2 Å². The summed E-state index contributed by atoms with van der Waals surface area (Å²) in [4.78, 5) is 0. The molecule has 0 heterocycles. The van der Waals surface area contributed by atoms with Gasteiger partial charge in [-0.1, -0.05) is 0 Å². The highest BCUT2D eigenvalue weighted by molar-refractivity contribution is 7.80. The lowest BCUT2D eigenvalue weighted by Crippen LogP contribution is -2.58. The van der Waals surface area contributed by atoms with Crippen molar-refractivity contribution >= 4 is 21.4 Å². The van der Waals surface area contributed by atoms with Crippen molar-refractivity contribution in [2.24, 2.45) is 0 Å². The van der Waals surface area contributed by atoms with Crippen molar-refractivity contribution in [3.05, 3.63) is 0 Å². The Hall–Kier alpha value is -0.380. The van der Waals surface area contributed by atoms with E-state index < -0.39 is 33.3 Å². The predicted octanol–water partition coefficient (Wildman–Crippen LogP) is -4.37. The largest absolute Gasteiger partial charge is 0.402 e. The van der Waals surface area contributed by atoms with Gasteiger partial charge in [-0.2, -0.15) is 12.6 Å². The summed E-state index contributed by atoms with van der Waals surface area (Å²) >= 11 is 0. The first-order valence-electron chi connectivity index (χ1n) is 2.78. The molecule has 13 heteroatoms. The van der Waals surface area contributed by atoms with Gasteiger partial charge in [0.05, 0.1) is 0 Å². The Kier molecular flexibility index (Phi) is 4.13. The molecule has 0 radical (unpaired) electrons. The summed E-state index contributed by atoms with van der Waals surface area (Å²) in [7, 11) is -9.47. The van der Waals surface area contributed by atoms with Gasteiger partial charge >= 0.3 is 22.3 Å². The predicted molar refractivity (Wildman–Crippen MR) is 38.4 cm³/mol. The Bertz CT molecular complexity index is 377. The molecule has 0 amide bonds. The Morgan fingerprint density at radius 1 is 1.00 bits per heavy atom. The van der Waals surface area contributed by atoms with E-state index in [0.29, 0.717) is 0 Å². The SMILES string of the molecule is O=[SH](=O)OC(O)(O)C(O)(O)OS(=O)(=O)O. The fraction of sp³-hybridized carbons (Fsp3) is 1.00. The van der Waals surface area contributed by atoms with E-state index >= 15 is 0 Å². The van der Waals surface area contributed by atoms with Gasteiger partial charge in [0.25, 0.3) is 11.0 Å². The van der Waals surface area contributed by atoms with Gasteiger partial charge in [0.2, 0.25) is 0 Å². The second kappa shape index (κ2) is 4.24. The van der Waals surface area contributed by atoms with Gasteiger partial charge in [0.1, 0.15) is 0 Å². The molecule has 0 saturated heterocycles. The van der Waals surface area contributed by atoms with Crippen LogP contribution in [0.5, 0.6) is 0 Å². The average Bonchev–Trinajstić information content (AvgIpc) is 1.75. The minimum absolute atomic E-state index is 2.94. The van der Waals surface area contributed by atoms with Gasteiger partial charge in [-0.15, -0.1) is 0 Å². The van der Waals surface area contributed by atoms with E-state index in [1.54, 1.807) is 0 Å². The molecule has 15 heavy (non-hydrogen) atoms. The zero-order valence-electron chi connectivity index (χ0n) is 6.54. The van der Waals surface area contributed by atoms with E-state index in [9.17, 15) is 16.8 Å². The smallest absolute Gasteiger partial charge is 0.336 e. The van der Waals surface area contributed by atoms with Crippen molar-refractivity contribution in [3.63, 3.8) is 0 Å². The van der Waals surface area contributed by atoms with E-state index in [-0.39, 0.29) is 0 Å². The number of thiol groups is 1. The van der Waals surface area contributed by atoms with Crippen molar-refractivity contribution in [1.82, 2.24) is 0 Å². The van der Waals surface area contributed by atoms with Crippen molar-refractivity contribution in [3.8, 4) is 0 Å². The molecule has 92 valence electrons. The monoisotopic (exact) mass is 270 g/mol. The van der Waals surface area contributed by atoms with Gasteiger partial charge in [-0.05, 0) is 0 Å². The van der Waals surface area contributed by atoms with Crippen molar-refractivity contribution in [1.29, 1.82) is 0 Å². The summed E-state index contributed by atoms with van der Waals surface area (Å²) in [6.45, 7) is 0. The standard InChI is InChI=1S/C2H6O11S2/c3-1(4,12-14(7)8)2(5,6)13-15(9,10)11/h3-6,14H,(H,9,10,11). The molecular formula is C2H6O11S2. The number of hydrogen-bond acceptors (Lipinski definition) is 10. The van der Waals surface area contributed by atoms with Crippen molar-refractivity contribution in [2.45, 2.75) is 11.9 Å². The van der Waals surface area contributed by atoms with Gasteiger partial charge in [-0.25, -0.2) is 12.6 Å². The fourth-order valence-electron chi connectivity index (χ4n) is 0.365. The first-order valence-corrected chi connectivity index (χ1v) is 5.24. The normalized spacial score (nSPS) is 14.5. The Labute approximate surface area is 84.2 Å². The highest BCUT2D eigenvalue weighted by Crippen LogP contribution is 2.21. The quantitative estimate of drug-likeness (QED) is 0.161. The summed E-state index contributed by atoms with van der Waals surface area (Å²) in [5, 5.41) is 34.1. The summed E-state index contributed by atoms with van der Waals surface area (Å²) in [6, 6.07) is 0. The highest BCUT2D eigenvalue weighted by atomic mass is 32.3. The molecule has 0 spiro atoms. The van der Waals surface area contributed by atoms with Crippen LogP contribution in [0.2, 0.25) is 0 Å². The minimum atomic E-state index is -5.50. The van der Waals surface area contributed by atoms with Gasteiger partial charge in [-0.3, -0.25) is 4.55 Å². The number of hydrogen-bond donors (Lipinski definition) is 6. The van der Waals surface area contributed by atoms with Gasteiger partial charge in [0, 0.05) is 0 Å². The molecule has 0 fully saturated rings. The molecule has 0 aromatic carbocycles. The van der Waals surface area contributed by atoms with Crippen LogP contribution >= 0.6 is 0 Å². The lowest BCUT2D eigenvalue weighted by atomic mass is 10.5. The molecule has 0 aromatic heterocycles. The highest BCUT2D eigenvalue weighted by Gasteiger charge is 2.55. The average molecular weight is 270 g/mol. The summed E-state index contributed by atoms with van der Waals surface area (Å²) < 4.78 is 53.6. The van der Waals surface area contributed by atoms with E-state index in [4.69, 9.17) is 25.0 Å². The van der Waals surface area contributed by atoms with Crippen LogP contribution in [-0.2, 0) is 29.8 Å². The van der Waals surface area contributed by atoms with Gasteiger partial charge in [0.15, 0.2) is 0 Å². The van der Waals surface area contributed by atoms with Gasteiger partial charge < -0.3 is 20.4 Å². The second-order valence-corrected chi connectivity index (χ2v) is 3.69. The third-order valence-electron chi connectivity index (χ3n) is 0.848. The molecule has 0 aliphatic rings. The summed E-state index contributed by atoms with van der Waals surface area (Å²) in [6.07, 6.45) is 0. The van der Waals surface area contributed by atoms with Crippen LogP contribution in [0.15, 0.2) is 0 Å². The molecule has 0 aliphatic heterocycles. The summed E-state index contributed by atoms with van der Waals surface area (Å²) in [5.41, 5.74) is 0. The second-order valence-electron chi connectivity index (χ2n) is 2.04. The third kappa shape index (κ3) is 4.78. The lowest BCUT2D eigenvalue weighted by Gasteiger charge is -2.28. The molecule has 0 rings (SSSR count). The first kappa shape index (κ1) is 14.6. The molecular weight excluding hydrogens is 264 g/mol. The van der Waals surface area contributed by atoms with E-state index in [1.165, 1.54) is 0 Å². The van der Waals surface area contributed by atoms with E-state index in [2.05, 4.69) is 8.37 Å². The Balaban J connectivity index is 5.00. The molecule has 0 aliphatic carbocycles. The lowest BCUT2D eigenvalue weighted by molar-refractivity contribution is -0.490. The molecule has 0 aromatic rings. The topological polar surface area (TPSA) is 188 Å². The number of aliphatic hydroxyl groups is 4. The van der Waals surface area contributed by atoms with Crippen LogP contribution in [0.3, 0.4) is 0 Å². The van der Waals surface area contributed by atoms with Crippen LogP contribution in [0.4, 0.5) is 0 Å². The fourth-order valence-corrected chi connectivity index (χ4v) is 1.09. The number of rotatable bonds is 5. The molecule has 0 bridgehead atoms. The maximum atomic E-state index is 9.96. The summed E-state index contributed by atoms with van der Waals surface area (Å²) in [5.74, 6) is -8.74. The Morgan fingerprint density at radius 2 is 1.40 bits per heavy atom. The minimum Gasteiger partial charge on any atom is -0.336 e.